The Kier molecular flexibility index (Phi) is 3.99. The molecule has 3 aliphatic rings. The van der Waals surface area contributed by atoms with E-state index < -0.39 is 11.8 Å². The molecule has 0 aromatic heterocycles. The van der Waals surface area contributed by atoms with Crippen LogP contribution in [0, 0.1) is 17.3 Å². The second-order valence-electron chi connectivity index (χ2n) is 8.36. The Balaban J connectivity index is 1.59. The van der Waals surface area contributed by atoms with Crippen LogP contribution in [0.2, 0.25) is 0 Å². The molecule has 4 heteroatoms. The van der Waals surface area contributed by atoms with Crippen LogP contribution in [0.25, 0.3) is 0 Å². The predicted octanol–water partition coefficient (Wildman–Crippen LogP) is 3.40. The summed E-state index contributed by atoms with van der Waals surface area (Å²) >= 11 is 0. The first kappa shape index (κ1) is 16.8. The highest BCUT2D eigenvalue weighted by molar-refractivity contribution is 6.33. The molecule has 0 bridgehead atoms. The number of fused-ring (bicyclic) bond motifs is 5. The van der Waals surface area contributed by atoms with Crippen molar-refractivity contribution in [3.05, 3.63) is 29.3 Å². The second-order valence-corrected chi connectivity index (χ2v) is 8.36. The van der Waals surface area contributed by atoms with Crippen molar-refractivity contribution in [1.29, 1.82) is 0 Å². The molecule has 1 N–H and O–H groups in total. The highest BCUT2D eigenvalue weighted by atomic mass is 16.5. The lowest BCUT2D eigenvalue weighted by molar-refractivity contribution is -0.146. The molecular weight excluding hydrogens is 316 g/mol. The van der Waals surface area contributed by atoms with Crippen LogP contribution >= 0.6 is 0 Å². The number of aryl methyl sites for hydroxylation is 1. The first-order chi connectivity index (χ1) is 11.9. The van der Waals surface area contributed by atoms with E-state index in [1.807, 2.05) is 12.1 Å². The number of esters is 1. The molecule has 0 saturated heterocycles. The minimum atomic E-state index is -0.804. The van der Waals surface area contributed by atoms with Crippen molar-refractivity contribution in [2.75, 3.05) is 0 Å². The van der Waals surface area contributed by atoms with Crippen LogP contribution in [0.4, 0.5) is 0 Å². The number of Topliss-reactive ketones (excluding diaryl/α,β-unsaturated/α-hetero) is 1. The highest BCUT2D eigenvalue weighted by Gasteiger charge is 2.54. The molecule has 2 fully saturated rings. The van der Waals surface area contributed by atoms with E-state index in [0.29, 0.717) is 23.5 Å². The SMILES string of the molecule is CC(=O)C(=O)Oc1ccc2c(c1)CCC1C2CC[C@@]2(C)C1CC[C@@H]2O. The molecule has 25 heavy (non-hydrogen) atoms. The van der Waals surface area contributed by atoms with Crippen LogP contribution in [0.5, 0.6) is 5.75 Å². The fraction of sp³-hybridized carbons (Fsp3) is 0.619. The van der Waals surface area contributed by atoms with Gasteiger partial charge in [-0.1, -0.05) is 13.0 Å². The van der Waals surface area contributed by atoms with Crippen LogP contribution in [0.1, 0.15) is 63.0 Å². The van der Waals surface area contributed by atoms with Gasteiger partial charge in [0.25, 0.3) is 0 Å². The third-order valence-corrected chi connectivity index (χ3v) is 7.15. The summed E-state index contributed by atoms with van der Waals surface area (Å²) in [6.45, 7) is 3.51. The van der Waals surface area contributed by atoms with Gasteiger partial charge in [0.05, 0.1) is 6.10 Å². The lowest BCUT2D eigenvalue weighted by Gasteiger charge is -2.50. The molecule has 5 atom stereocenters. The number of hydrogen-bond donors (Lipinski definition) is 1. The van der Waals surface area contributed by atoms with Crippen LogP contribution in [0.15, 0.2) is 18.2 Å². The number of carbonyl (C=O) groups is 2. The quantitative estimate of drug-likeness (QED) is 0.508. The van der Waals surface area contributed by atoms with Crippen molar-refractivity contribution in [1.82, 2.24) is 0 Å². The molecule has 2 saturated carbocycles. The van der Waals surface area contributed by atoms with Gasteiger partial charge in [0.15, 0.2) is 0 Å². The molecule has 0 aliphatic heterocycles. The van der Waals surface area contributed by atoms with Crippen molar-refractivity contribution >= 4 is 11.8 Å². The number of aliphatic hydroxyl groups is 1. The van der Waals surface area contributed by atoms with Gasteiger partial charge in [-0.15, -0.1) is 0 Å². The van der Waals surface area contributed by atoms with Gasteiger partial charge in [0.1, 0.15) is 5.75 Å². The van der Waals surface area contributed by atoms with Crippen LogP contribution in [-0.4, -0.2) is 23.0 Å². The molecule has 0 radical (unpaired) electrons. The maximum atomic E-state index is 11.5. The highest BCUT2D eigenvalue weighted by Crippen LogP contribution is 2.60. The summed E-state index contributed by atoms with van der Waals surface area (Å²) in [7, 11) is 0. The molecule has 1 aromatic rings. The number of hydrogen-bond acceptors (Lipinski definition) is 4. The van der Waals surface area contributed by atoms with Gasteiger partial charge in [-0.05, 0) is 85.0 Å². The third-order valence-electron chi connectivity index (χ3n) is 7.15. The largest absolute Gasteiger partial charge is 0.421 e. The number of ether oxygens (including phenoxy) is 1. The average molecular weight is 342 g/mol. The molecule has 3 aliphatic carbocycles. The summed E-state index contributed by atoms with van der Waals surface area (Å²) in [6, 6.07) is 5.84. The van der Waals surface area contributed by atoms with E-state index >= 15 is 0 Å². The maximum absolute atomic E-state index is 11.5. The average Bonchev–Trinajstić information content (AvgIpc) is 2.89. The lowest BCUT2D eigenvalue weighted by atomic mass is 9.55. The smallest absolute Gasteiger partial charge is 0.379 e. The van der Waals surface area contributed by atoms with E-state index in [0.717, 1.165) is 38.5 Å². The van der Waals surface area contributed by atoms with Gasteiger partial charge < -0.3 is 9.84 Å². The topological polar surface area (TPSA) is 63.6 Å². The first-order valence-corrected chi connectivity index (χ1v) is 9.44. The monoisotopic (exact) mass is 342 g/mol. The van der Waals surface area contributed by atoms with E-state index in [4.69, 9.17) is 4.74 Å². The Morgan fingerprint density at radius 2 is 2.00 bits per heavy atom. The third kappa shape index (κ3) is 2.62. The van der Waals surface area contributed by atoms with Gasteiger partial charge in [-0.25, -0.2) is 4.79 Å². The summed E-state index contributed by atoms with van der Waals surface area (Å²) in [6.07, 6.45) is 6.25. The minimum absolute atomic E-state index is 0.0929. The summed E-state index contributed by atoms with van der Waals surface area (Å²) in [4.78, 5) is 22.6. The Hall–Kier alpha value is -1.68. The maximum Gasteiger partial charge on any atom is 0.379 e. The van der Waals surface area contributed by atoms with Gasteiger partial charge in [-0.2, -0.15) is 0 Å². The standard InChI is InChI=1S/C21H26O4/c1-12(22)20(24)25-14-4-6-15-13(11-14)3-5-17-16(15)9-10-21(2)18(17)7-8-19(21)23/h4,6,11,16-19,23H,3,5,7-10H2,1-2H3/t16?,17?,18?,19-,21-/m0/s1. The van der Waals surface area contributed by atoms with E-state index in [-0.39, 0.29) is 11.5 Å². The first-order valence-electron chi connectivity index (χ1n) is 9.44. The number of aliphatic hydroxyl groups excluding tert-OH is 1. The fourth-order valence-corrected chi connectivity index (χ4v) is 5.77. The fourth-order valence-electron chi connectivity index (χ4n) is 5.77. The Bertz CT molecular complexity index is 725. The number of benzene rings is 1. The van der Waals surface area contributed by atoms with E-state index in [1.165, 1.54) is 18.1 Å². The molecule has 4 nitrogen and oxygen atoms in total. The van der Waals surface area contributed by atoms with Gasteiger partial charge in [0.2, 0.25) is 5.78 Å². The van der Waals surface area contributed by atoms with Crippen molar-refractivity contribution in [3.63, 3.8) is 0 Å². The summed E-state index contributed by atoms with van der Waals surface area (Å²) < 4.78 is 5.16. The molecule has 134 valence electrons. The Morgan fingerprint density at radius 1 is 1.20 bits per heavy atom. The zero-order valence-corrected chi connectivity index (χ0v) is 15.0. The van der Waals surface area contributed by atoms with E-state index in [2.05, 4.69) is 13.0 Å². The van der Waals surface area contributed by atoms with Crippen LogP contribution in [0.3, 0.4) is 0 Å². The molecule has 4 rings (SSSR count). The van der Waals surface area contributed by atoms with Crippen molar-refractivity contribution in [3.8, 4) is 5.75 Å². The molecule has 1 aromatic carbocycles. The molecule has 0 amide bonds. The zero-order valence-electron chi connectivity index (χ0n) is 15.0. The van der Waals surface area contributed by atoms with E-state index in [1.54, 1.807) is 0 Å². The molecule has 3 unspecified atom stereocenters. The number of ketones is 1. The van der Waals surface area contributed by atoms with Crippen LogP contribution in [-0.2, 0) is 16.0 Å². The van der Waals surface area contributed by atoms with Crippen molar-refractivity contribution in [2.45, 2.75) is 64.4 Å². The molecule has 0 spiro atoms. The summed E-state index contributed by atoms with van der Waals surface area (Å²) in [5.41, 5.74) is 2.72. The molecular formula is C21H26O4. The van der Waals surface area contributed by atoms with Crippen molar-refractivity contribution in [2.24, 2.45) is 17.3 Å². The van der Waals surface area contributed by atoms with E-state index in [9.17, 15) is 14.7 Å². The minimum Gasteiger partial charge on any atom is -0.421 e. The Morgan fingerprint density at radius 3 is 2.76 bits per heavy atom. The normalized spacial score (nSPS) is 36.1. The lowest BCUT2D eigenvalue weighted by Crippen LogP contribution is -2.43. The number of carbonyl (C=O) groups excluding carboxylic acids is 2. The summed E-state index contributed by atoms with van der Waals surface area (Å²) in [5, 5.41) is 10.5. The second kappa shape index (κ2) is 5.94. The zero-order chi connectivity index (χ0) is 17.8. The Labute approximate surface area is 148 Å². The van der Waals surface area contributed by atoms with Crippen molar-refractivity contribution < 1.29 is 19.4 Å². The summed E-state index contributed by atoms with van der Waals surface area (Å²) in [5.74, 6) is 0.892. The van der Waals surface area contributed by atoms with Gasteiger partial charge >= 0.3 is 5.97 Å². The van der Waals surface area contributed by atoms with Gasteiger partial charge in [-0.3, -0.25) is 4.79 Å². The predicted molar refractivity (Wildman–Crippen MR) is 93.4 cm³/mol. The van der Waals surface area contributed by atoms with Crippen LogP contribution < -0.4 is 4.74 Å². The van der Waals surface area contributed by atoms with Gasteiger partial charge in [0, 0.05) is 6.92 Å². The number of rotatable bonds is 2. The molecule has 0 heterocycles.